The number of halogens is 1. The van der Waals surface area contributed by atoms with Gasteiger partial charge in [0.15, 0.2) is 0 Å². The fraction of sp³-hybridized carbons (Fsp3) is 0.133. The molecule has 19 heavy (non-hydrogen) atoms. The average molecular weight is 317 g/mol. The van der Waals surface area contributed by atoms with Crippen molar-refractivity contribution < 1.29 is 4.79 Å². The van der Waals surface area contributed by atoms with Crippen LogP contribution in [0.5, 0.6) is 0 Å². The number of amides is 1. The Morgan fingerprint density at radius 2 is 1.63 bits per heavy atom. The fourth-order valence-corrected chi connectivity index (χ4v) is 2.67. The van der Waals surface area contributed by atoms with Crippen molar-refractivity contribution in [1.29, 1.82) is 0 Å². The van der Waals surface area contributed by atoms with E-state index in [0.717, 1.165) is 15.7 Å². The lowest BCUT2D eigenvalue weighted by molar-refractivity contribution is -0.126. The van der Waals surface area contributed by atoms with E-state index in [9.17, 15) is 4.79 Å². The van der Waals surface area contributed by atoms with Crippen molar-refractivity contribution in [1.82, 2.24) is 0 Å². The summed E-state index contributed by atoms with van der Waals surface area (Å²) in [4.78, 5) is 13.8. The maximum Gasteiger partial charge on any atom is 0.247 e. The topological polar surface area (TPSA) is 46.3 Å². The van der Waals surface area contributed by atoms with Crippen LogP contribution in [-0.4, -0.2) is 11.9 Å². The molecule has 4 heteroatoms. The van der Waals surface area contributed by atoms with E-state index in [1.807, 2.05) is 54.6 Å². The molecule has 1 aliphatic rings. The van der Waals surface area contributed by atoms with Crippen molar-refractivity contribution in [2.75, 3.05) is 4.90 Å². The molecule has 2 aromatic carbocycles. The molecular formula is C15H13BrN2O. The van der Waals surface area contributed by atoms with Crippen LogP contribution < -0.4 is 10.6 Å². The molecule has 2 aromatic rings. The Balaban J connectivity index is 1.96. The number of benzene rings is 2. The van der Waals surface area contributed by atoms with Crippen LogP contribution in [0.15, 0.2) is 59.1 Å². The molecule has 3 nitrogen and oxygen atoms in total. The summed E-state index contributed by atoms with van der Waals surface area (Å²) in [6.07, 6.45) is 0. The van der Waals surface area contributed by atoms with Crippen LogP contribution >= 0.6 is 15.9 Å². The number of hydrogen-bond donors (Lipinski definition) is 1. The maximum atomic E-state index is 12.0. The van der Waals surface area contributed by atoms with E-state index in [1.165, 1.54) is 0 Å². The Bertz CT molecular complexity index is 597. The van der Waals surface area contributed by atoms with Crippen molar-refractivity contribution in [3.05, 3.63) is 64.6 Å². The number of nitrogens with two attached hydrogens (primary N) is 1. The lowest BCUT2D eigenvalue weighted by Crippen LogP contribution is -2.63. The van der Waals surface area contributed by atoms with Crippen molar-refractivity contribution in [2.24, 2.45) is 5.73 Å². The largest absolute Gasteiger partial charge is 0.318 e. The number of nitrogens with zero attached hydrogens (tertiary/aromatic N) is 1. The smallest absolute Gasteiger partial charge is 0.247 e. The van der Waals surface area contributed by atoms with E-state index in [-0.39, 0.29) is 11.9 Å². The van der Waals surface area contributed by atoms with E-state index >= 15 is 0 Å². The van der Waals surface area contributed by atoms with Gasteiger partial charge in [-0.2, -0.15) is 0 Å². The Morgan fingerprint density at radius 1 is 1.00 bits per heavy atom. The zero-order chi connectivity index (χ0) is 13.4. The molecule has 0 saturated carbocycles. The Hall–Kier alpha value is -1.65. The first kappa shape index (κ1) is 12.4. The Morgan fingerprint density at radius 3 is 2.26 bits per heavy atom. The zero-order valence-electron chi connectivity index (χ0n) is 10.2. The van der Waals surface area contributed by atoms with E-state index < -0.39 is 6.04 Å². The highest BCUT2D eigenvalue weighted by Gasteiger charge is 2.46. The second kappa shape index (κ2) is 4.79. The first-order chi connectivity index (χ1) is 9.18. The van der Waals surface area contributed by atoms with Crippen LogP contribution in [-0.2, 0) is 4.79 Å². The predicted molar refractivity (Wildman–Crippen MR) is 78.8 cm³/mol. The molecule has 0 aromatic heterocycles. The van der Waals surface area contributed by atoms with E-state index in [0.29, 0.717) is 0 Å². The second-order valence-electron chi connectivity index (χ2n) is 4.57. The van der Waals surface area contributed by atoms with Gasteiger partial charge in [-0.1, -0.05) is 46.3 Å². The molecule has 1 amide bonds. The van der Waals surface area contributed by atoms with E-state index in [2.05, 4.69) is 15.9 Å². The van der Waals surface area contributed by atoms with Gasteiger partial charge in [-0.15, -0.1) is 0 Å². The third kappa shape index (κ3) is 2.07. The molecular weight excluding hydrogens is 304 g/mol. The third-order valence-electron chi connectivity index (χ3n) is 3.39. The van der Waals surface area contributed by atoms with Crippen LogP contribution in [0.1, 0.15) is 11.6 Å². The normalized spacial score (nSPS) is 22.2. The molecule has 0 unspecified atom stereocenters. The molecule has 96 valence electrons. The van der Waals surface area contributed by atoms with Crippen LogP contribution in [0, 0.1) is 0 Å². The van der Waals surface area contributed by atoms with Gasteiger partial charge >= 0.3 is 0 Å². The van der Waals surface area contributed by atoms with Crippen molar-refractivity contribution in [2.45, 2.75) is 12.1 Å². The Kier molecular flexibility index (Phi) is 3.12. The van der Waals surface area contributed by atoms with Gasteiger partial charge in [-0.25, -0.2) is 0 Å². The number of carbonyl (C=O) groups is 1. The molecule has 1 aliphatic heterocycles. The van der Waals surface area contributed by atoms with Crippen molar-refractivity contribution in [3.8, 4) is 0 Å². The second-order valence-corrected chi connectivity index (χ2v) is 5.48. The molecule has 0 spiro atoms. The minimum atomic E-state index is -0.457. The molecule has 0 aliphatic carbocycles. The molecule has 0 radical (unpaired) electrons. The molecule has 3 rings (SSSR count). The van der Waals surface area contributed by atoms with Gasteiger partial charge < -0.3 is 10.6 Å². The van der Waals surface area contributed by atoms with Gasteiger partial charge in [0.05, 0.1) is 6.04 Å². The van der Waals surface area contributed by atoms with Gasteiger partial charge in [-0.3, -0.25) is 4.79 Å². The number of anilines is 1. The summed E-state index contributed by atoms with van der Waals surface area (Å²) < 4.78 is 1.02. The summed E-state index contributed by atoms with van der Waals surface area (Å²) >= 11 is 3.41. The van der Waals surface area contributed by atoms with Crippen molar-refractivity contribution in [3.63, 3.8) is 0 Å². The van der Waals surface area contributed by atoms with Crippen LogP contribution in [0.2, 0.25) is 0 Å². The van der Waals surface area contributed by atoms with Crippen molar-refractivity contribution >= 4 is 27.5 Å². The number of carbonyl (C=O) groups excluding carboxylic acids is 1. The summed E-state index contributed by atoms with van der Waals surface area (Å²) in [7, 11) is 0. The molecule has 2 N–H and O–H groups in total. The quantitative estimate of drug-likeness (QED) is 0.866. The molecule has 0 bridgehead atoms. The summed E-state index contributed by atoms with van der Waals surface area (Å²) in [5.41, 5.74) is 7.91. The molecule has 1 saturated heterocycles. The highest BCUT2D eigenvalue weighted by Crippen LogP contribution is 2.38. The van der Waals surface area contributed by atoms with Crippen LogP contribution in [0.3, 0.4) is 0 Å². The minimum Gasteiger partial charge on any atom is -0.318 e. The number of hydrogen-bond acceptors (Lipinski definition) is 2. The lowest BCUT2D eigenvalue weighted by Gasteiger charge is -2.45. The van der Waals surface area contributed by atoms with Gasteiger partial charge in [0.1, 0.15) is 6.04 Å². The third-order valence-corrected chi connectivity index (χ3v) is 3.92. The van der Waals surface area contributed by atoms with Crippen LogP contribution in [0.4, 0.5) is 5.69 Å². The van der Waals surface area contributed by atoms with Gasteiger partial charge in [0.25, 0.3) is 0 Å². The summed E-state index contributed by atoms with van der Waals surface area (Å²) in [5.74, 6) is -0.0286. The summed E-state index contributed by atoms with van der Waals surface area (Å²) in [6, 6.07) is 17.0. The molecule has 1 fully saturated rings. The standard InChI is InChI=1S/C15H13BrN2O/c16-11-8-6-10(7-9-11)14-13(17)15(19)18(14)12-4-2-1-3-5-12/h1-9,13-14H,17H2/t13-,14+/m1/s1. The summed E-state index contributed by atoms with van der Waals surface area (Å²) in [6.45, 7) is 0. The van der Waals surface area contributed by atoms with Crippen LogP contribution in [0.25, 0.3) is 0 Å². The zero-order valence-corrected chi connectivity index (χ0v) is 11.7. The Labute approximate surface area is 120 Å². The maximum absolute atomic E-state index is 12.0. The highest BCUT2D eigenvalue weighted by atomic mass is 79.9. The predicted octanol–water partition coefficient (Wildman–Crippen LogP) is 2.86. The van der Waals surface area contributed by atoms with Gasteiger partial charge in [-0.05, 0) is 29.8 Å². The monoisotopic (exact) mass is 316 g/mol. The van der Waals surface area contributed by atoms with Gasteiger partial charge in [0.2, 0.25) is 5.91 Å². The SMILES string of the molecule is N[C@H]1C(=O)N(c2ccccc2)[C@H]1c1ccc(Br)cc1. The minimum absolute atomic E-state index is 0.0286. The van der Waals surface area contributed by atoms with E-state index in [4.69, 9.17) is 5.73 Å². The number of β-lactam (4-membered cyclic amide) rings is 1. The molecule has 2 atom stereocenters. The lowest BCUT2D eigenvalue weighted by atomic mass is 9.88. The summed E-state index contributed by atoms with van der Waals surface area (Å²) in [5, 5.41) is 0. The number of rotatable bonds is 2. The fourth-order valence-electron chi connectivity index (χ4n) is 2.40. The van der Waals surface area contributed by atoms with E-state index in [1.54, 1.807) is 4.90 Å². The first-order valence-electron chi connectivity index (χ1n) is 6.07. The van der Waals surface area contributed by atoms with Gasteiger partial charge in [0, 0.05) is 10.2 Å². The average Bonchev–Trinajstić information content (AvgIpc) is 2.46. The number of para-hydroxylation sites is 1. The first-order valence-corrected chi connectivity index (χ1v) is 6.87. The molecule has 1 heterocycles. The highest BCUT2D eigenvalue weighted by molar-refractivity contribution is 9.10.